The monoisotopic (exact) mass is 681 g/mol. The van der Waals surface area contributed by atoms with E-state index in [0.717, 1.165) is 98.8 Å². The van der Waals surface area contributed by atoms with Crippen molar-refractivity contribution in [3.8, 4) is 0 Å². The third-order valence-corrected chi connectivity index (χ3v) is 12.8. The summed E-state index contributed by atoms with van der Waals surface area (Å²) in [6, 6.07) is 8.54. The Morgan fingerprint density at radius 2 is 1.62 bits per heavy atom. The fourth-order valence-electron chi connectivity index (χ4n) is 10.3. The van der Waals surface area contributed by atoms with Crippen LogP contribution in [0, 0.1) is 23.7 Å². The van der Waals surface area contributed by atoms with E-state index in [0.29, 0.717) is 17.8 Å². The van der Waals surface area contributed by atoms with Crippen molar-refractivity contribution in [2.45, 2.75) is 76.0 Å². The lowest BCUT2D eigenvalue weighted by atomic mass is 9.70. The smallest absolute Gasteiger partial charge is 0.163 e. The van der Waals surface area contributed by atoms with E-state index in [9.17, 15) is 0 Å². The third kappa shape index (κ3) is 4.92. The second kappa shape index (κ2) is 12.3. The number of furan rings is 1. The molecule has 0 saturated heterocycles. The molecule has 0 saturated carbocycles. The third-order valence-electron chi connectivity index (χ3n) is 12.8. The number of nitrogens with zero attached hydrogens (tertiary/aromatic N) is 3. The quantitative estimate of drug-likeness (QED) is 0.257. The average Bonchev–Trinajstić information content (AvgIpc) is 3.79. The molecule has 5 nitrogen and oxygen atoms in total. The lowest BCUT2D eigenvalue weighted by Crippen LogP contribution is -2.26. The summed E-state index contributed by atoms with van der Waals surface area (Å²) in [5.74, 6) is 7.50. The molecule has 3 aromatic rings. The molecule has 0 N–H and O–H groups in total. The Balaban J connectivity index is 1.07. The van der Waals surface area contributed by atoms with E-state index >= 15 is 0 Å². The molecule has 0 spiro atoms. The van der Waals surface area contributed by atoms with Gasteiger partial charge in [-0.3, -0.25) is 0 Å². The van der Waals surface area contributed by atoms with Crippen molar-refractivity contribution in [1.82, 2.24) is 15.0 Å². The normalized spacial score (nSPS) is 29.9. The predicted molar refractivity (Wildman–Crippen MR) is 205 cm³/mol. The molecule has 52 heavy (non-hydrogen) atoms. The van der Waals surface area contributed by atoms with Crippen molar-refractivity contribution < 1.29 is 9.15 Å². The van der Waals surface area contributed by atoms with Gasteiger partial charge < -0.3 is 9.15 Å². The molecule has 5 heteroatoms. The number of hydrogen-bond donors (Lipinski definition) is 0. The van der Waals surface area contributed by atoms with Crippen molar-refractivity contribution >= 4 is 16.5 Å². The average molecular weight is 682 g/mol. The number of benzene rings is 1. The van der Waals surface area contributed by atoms with Gasteiger partial charge in [-0.05, 0) is 86.0 Å². The summed E-state index contributed by atoms with van der Waals surface area (Å²) >= 11 is 0. The van der Waals surface area contributed by atoms with Crippen LogP contribution in [0.15, 0.2) is 141 Å². The maximum Gasteiger partial charge on any atom is 0.163 e. The molecule has 0 fully saturated rings. The Morgan fingerprint density at radius 1 is 0.731 bits per heavy atom. The summed E-state index contributed by atoms with van der Waals surface area (Å²) in [5.41, 5.74) is 9.00. The summed E-state index contributed by atoms with van der Waals surface area (Å²) in [4.78, 5) is 16.4. The highest BCUT2D eigenvalue weighted by Gasteiger charge is 2.42. The maximum atomic E-state index is 6.76. The van der Waals surface area contributed by atoms with Crippen LogP contribution in [0.5, 0.6) is 0 Å². The number of allylic oxidation sites excluding steroid dienone is 19. The van der Waals surface area contributed by atoms with Gasteiger partial charge in [0.05, 0.1) is 0 Å². The van der Waals surface area contributed by atoms with Gasteiger partial charge in [-0.25, -0.2) is 15.0 Å². The molecule has 1 aliphatic heterocycles. The first-order valence-corrected chi connectivity index (χ1v) is 19.6. The van der Waals surface area contributed by atoms with Crippen LogP contribution >= 0.6 is 0 Å². The Hall–Kier alpha value is -5.03. The summed E-state index contributed by atoms with van der Waals surface area (Å²) in [7, 11) is 0. The molecular weight excluding hydrogens is 639 g/mol. The molecule has 6 atom stereocenters. The molecule has 11 rings (SSSR count). The number of aromatic nitrogens is 3. The number of para-hydroxylation sites is 1. The Bertz CT molecular complexity index is 2330. The SMILES string of the molecule is C1=CCC(c2nc(C3=CC4CCC=CC4C4=C3CCC=C4)nc(C3CC(C4=C5OC6=C(C=CCC6)C5CC=C4)Cc4oc5ccccc5c43)n2)C=C1. The van der Waals surface area contributed by atoms with Gasteiger partial charge in [0.15, 0.2) is 5.82 Å². The molecule has 8 aliphatic rings. The Morgan fingerprint density at radius 3 is 2.56 bits per heavy atom. The summed E-state index contributed by atoms with van der Waals surface area (Å²) in [6.45, 7) is 0. The van der Waals surface area contributed by atoms with Gasteiger partial charge in [0.2, 0.25) is 0 Å². The van der Waals surface area contributed by atoms with Crippen LogP contribution in [0.4, 0.5) is 0 Å². The minimum absolute atomic E-state index is 0.0407. The van der Waals surface area contributed by atoms with E-state index in [4.69, 9.17) is 24.1 Å². The van der Waals surface area contributed by atoms with Crippen molar-refractivity contribution in [3.05, 3.63) is 166 Å². The predicted octanol–water partition coefficient (Wildman–Crippen LogP) is 11.0. The molecule has 258 valence electrons. The van der Waals surface area contributed by atoms with E-state index in [-0.39, 0.29) is 17.8 Å². The highest BCUT2D eigenvalue weighted by atomic mass is 16.5. The largest absolute Gasteiger partial charge is 0.465 e. The van der Waals surface area contributed by atoms with Crippen LogP contribution in [0.1, 0.15) is 98.4 Å². The Kier molecular flexibility index (Phi) is 7.23. The molecule has 0 radical (unpaired) electrons. The van der Waals surface area contributed by atoms with E-state index in [1.54, 1.807) is 0 Å². The van der Waals surface area contributed by atoms with Crippen LogP contribution in [0.3, 0.4) is 0 Å². The fraction of sp³-hybridized carbons (Fsp3) is 0.340. The van der Waals surface area contributed by atoms with Gasteiger partial charge in [-0.1, -0.05) is 97.2 Å². The lowest BCUT2D eigenvalue weighted by molar-refractivity contribution is 0.277. The topological polar surface area (TPSA) is 61.0 Å². The maximum absolute atomic E-state index is 6.76. The second-order valence-corrected chi connectivity index (χ2v) is 15.7. The molecule has 1 aromatic carbocycles. The first-order chi connectivity index (χ1) is 25.8. The zero-order chi connectivity index (χ0) is 34.2. The Labute approximate surface area is 305 Å². The summed E-state index contributed by atoms with van der Waals surface area (Å²) < 4.78 is 13.5. The minimum atomic E-state index is -0.0407. The summed E-state index contributed by atoms with van der Waals surface area (Å²) in [5, 5.41) is 1.18. The zero-order valence-corrected chi connectivity index (χ0v) is 29.5. The molecule has 2 aromatic heterocycles. The van der Waals surface area contributed by atoms with Gasteiger partial charge >= 0.3 is 0 Å². The number of hydrogen-bond acceptors (Lipinski definition) is 5. The van der Waals surface area contributed by atoms with Crippen LogP contribution in [0.25, 0.3) is 16.5 Å². The van der Waals surface area contributed by atoms with Crippen molar-refractivity contribution in [2.24, 2.45) is 23.7 Å². The second-order valence-electron chi connectivity index (χ2n) is 15.7. The van der Waals surface area contributed by atoms with E-state index in [1.807, 2.05) is 0 Å². The van der Waals surface area contributed by atoms with Crippen molar-refractivity contribution in [3.63, 3.8) is 0 Å². The lowest BCUT2D eigenvalue weighted by Gasteiger charge is -2.35. The van der Waals surface area contributed by atoms with Crippen LogP contribution < -0.4 is 0 Å². The number of fused-ring (bicyclic) bond motifs is 7. The van der Waals surface area contributed by atoms with Gasteiger partial charge in [0.25, 0.3) is 0 Å². The molecule has 0 amide bonds. The van der Waals surface area contributed by atoms with Crippen LogP contribution in [-0.4, -0.2) is 15.0 Å². The van der Waals surface area contributed by atoms with E-state index < -0.39 is 0 Å². The summed E-state index contributed by atoms with van der Waals surface area (Å²) in [6.07, 6.45) is 40.2. The molecule has 7 aliphatic carbocycles. The van der Waals surface area contributed by atoms with E-state index in [2.05, 4.69) is 103 Å². The zero-order valence-electron chi connectivity index (χ0n) is 29.5. The molecule has 3 heterocycles. The minimum Gasteiger partial charge on any atom is -0.465 e. The van der Waals surface area contributed by atoms with Crippen LogP contribution in [0.2, 0.25) is 0 Å². The van der Waals surface area contributed by atoms with Gasteiger partial charge in [-0.2, -0.15) is 0 Å². The van der Waals surface area contributed by atoms with Gasteiger partial charge in [-0.15, -0.1) is 0 Å². The van der Waals surface area contributed by atoms with Gasteiger partial charge in [0.1, 0.15) is 34.5 Å². The molecule has 0 bridgehead atoms. The van der Waals surface area contributed by atoms with Crippen molar-refractivity contribution in [2.75, 3.05) is 0 Å². The van der Waals surface area contributed by atoms with Gasteiger partial charge in [0, 0.05) is 58.6 Å². The fourth-order valence-corrected chi connectivity index (χ4v) is 10.3. The highest BCUT2D eigenvalue weighted by Crippen LogP contribution is 2.52. The van der Waals surface area contributed by atoms with E-state index in [1.165, 1.54) is 44.6 Å². The first kappa shape index (κ1) is 30.6. The standard InChI is InChI=1S/C47H43N3O2/c1-2-13-28(14-3-1)45-48-46(38-25-29-15-4-5-16-31(29)33-17-6-7-18-34(33)38)50-47(49-45)39-26-30(27-42-43(39)37-20-9-11-24-41(37)51-42)32-21-12-22-36-35-19-8-10-23-40(35)52-44(32)36/h1-3,5-6,8-9,11-13,16-17,19-21,24-25,28-31,36,39H,4,7,10,14-15,18,22-23,26-27H2. The number of ether oxygens (including phenoxy) is 1. The molecule has 6 unspecified atom stereocenters. The molecular formula is C47H43N3O2. The van der Waals surface area contributed by atoms with Crippen molar-refractivity contribution in [1.29, 1.82) is 0 Å². The number of rotatable bonds is 4. The first-order valence-electron chi connectivity index (χ1n) is 19.6. The van der Waals surface area contributed by atoms with Crippen LogP contribution in [-0.2, 0) is 11.2 Å². The highest BCUT2D eigenvalue weighted by molar-refractivity contribution is 5.84.